The van der Waals surface area contributed by atoms with Gasteiger partial charge in [-0.05, 0) is 37.1 Å². The second-order valence-electron chi connectivity index (χ2n) is 4.93. The molecule has 1 aromatic rings. The fourth-order valence-corrected chi connectivity index (χ4v) is 3.55. The lowest BCUT2D eigenvalue weighted by molar-refractivity contribution is 0.574. The second kappa shape index (κ2) is 8.39. The van der Waals surface area contributed by atoms with Crippen molar-refractivity contribution in [3.63, 3.8) is 0 Å². The molecule has 5 heteroatoms. The van der Waals surface area contributed by atoms with Crippen LogP contribution in [0.4, 0.5) is 0 Å². The third-order valence-corrected chi connectivity index (χ3v) is 4.80. The van der Waals surface area contributed by atoms with E-state index in [1.54, 1.807) is 6.07 Å². The Morgan fingerprint density at radius 2 is 1.90 bits per heavy atom. The number of aryl methyl sites for hydroxylation is 1. The maximum atomic E-state index is 12.4. The number of benzene rings is 1. The first-order valence-corrected chi connectivity index (χ1v) is 8.79. The SMILES string of the molecule is CCCCCNS(=O)(=O)c1cc(CNC)ccc1CC. The predicted molar refractivity (Wildman–Crippen MR) is 83.3 cm³/mol. The Bertz CT molecular complexity index is 513. The van der Waals surface area contributed by atoms with Crippen LogP contribution in [0.15, 0.2) is 23.1 Å². The Morgan fingerprint density at radius 1 is 1.15 bits per heavy atom. The molecule has 114 valence electrons. The minimum atomic E-state index is -3.40. The van der Waals surface area contributed by atoms with Crippen LogP contribution in [0.3, 0.4) is 0 Å². The largest absolute Gasteiger partial charge is 0.316 e. The Balaban J connectivity index is 2.93. The number of hydrogen-bond donors (Lipinski definition) is 2. The molecule has 0 unspecified atom stereocenters. The molecule has 0 spiro atoms. The van der Waals surface area contributed by atoms with Crippen LogP contribution in [0, 0.1) is 0 Å². The van der Waals surface area contributed by atoms with Crippen molar-refractivity contribution in [1.29, 1.82) is 0 Å². The van der Waals surface area contributed by atoms with Crippen molar-refractivity contribution in [3.05, 3.63) is 29.3 Å². The van der Waals surface area contributed by atoms with Crippen LogP contribution >= 0.6 is 0 Å². The van der Waals surface area contributed by atoms with Gasteiger partial charge < -0.3 is 5.32 Å². The summed E-state index contributed by atoms with van der Waals surface area (Å²) in [4.78, 5) is 0.421. The maximum absolute atomic E-state index is 12.4. The number of rotatable bonds is 9. The van der Waals surface area contributed by atoms with E-state index in [1.165, 1.54) is 0 Å². The van der Waals surface area contributed by atoms with E-state index in [2.05, 4.69) is 17.0 Å². The van der Waals surface area contributed by atoms with Gasteiger partial charge in [0.1, 0.15) is 0 Å². The average Bonchev–Trinajstić information content (AvgIpc) is 2.44. The summed E-state index contributed by atoms with van der Waals surface area (Å²) in [6.07, 6.45) is 3.72. The molecule has 0 aliphatic carbocycles. The second-order valence-corrected chi connectivity index (χ2v) is 6.67. The molecular formula is C15H26N2O2S. The molecule has 0 heterocycles. The fraction of sp³-hybridized carbons (Fsp3) is 0.600. The first-order chi connectivity index (χ1) is 9.55. The monoisotopic (exact) mass is 298 g/mol. The van der Waals surface area contributed by atoms with Gasteiger partial charge in [0.05, 0.1) is 4.90 Å². The maximum Gasteiger partial charge on any atom is 0.240 e. The molecule has 0 atom stereocenters. The van der Waals surface area contributed by atoms with Crippen LogP contribution in [0.5, 0.6) is 0 Å². The highest BCUT2D eigenvalue weighted by Crippen LogP contribution is 2.18. The zero-order chi connectivity index (χ0) is 15.0. The molecule has 0 saturated heterocycles. The summed E-state index contributed by atoms with van der Waals surface area (Å²) in [7, 11) is -1.55. The zero-order valence-corrected chi connectivity index (χ0v) is 13.5. The molecule has 0 radical (unpaired) electrons. The van der Waals surface area contributed by atoms with Crippen LogP contribution in [-0.4, -0.2) is 22.0 Å². The number of hydrogen-bond acceptors (Lipinski definition) is 3. The molecule has 20 heavy (non-hydrogen) atoms. The summed E-state index contributed by atoms with van der Waals surface area (Å²) in [5.74, 6) is 0. The normalized spacial score (nSPS) is 11.8. The molecule has 0 aliphatic heterocycles. The molecule has 0 saturated carbocycles. The van der Waals surface area contributed by atoms with Crippen molar-refractivity contribution in [1.82, 2.24) is 10.0 Å². The topological polar surface area (TPSA) is 58.2 Å². The van der Waals surface area contributed by atoms with E-state index in [0.717, 1.165) is 30.4 Å². The summed E-state index contributed by atoms with van der Waals surface area (Å²) >= 11 is 0. The summed E-state index contributed by atoms with van der Waals surface area (Å²) < 4.78 is 27.5. The number of unbranched alkanes of at least 4 members (excludes halogenated alkanes) is 2. The van der Waals surface area contributed by atoms with Gasteiger partial charge in [0.25, 0.3) is 0 Å². The van der Waals surface area contributed by atoms with Gasteiger partial charge in [-0.3, -0.25) is 0 Å². The minimum Gasteiger partial charge on any atom is -0.316 e. The Morgan fingerprint density at radius 3 is 2.50 bits per heavy atom. The minimum absolute atomic E-state index is 0.421. The standard InChI is InChI=1S/C15H26N2O2S/c1-4-6-7-10-17-20(18,19)15-11-13(12-16-3)8-9-14(15)5-2/h8-9,11,16-17H,4-7,10,12H2,1-3H3. The van der Waals surface area contributed by atoms with Crippen LogP contribution in [0.2, 0.25) is 0 Å². The van der Waals surface area contributed by atoms with E-state index in [0.29, 0.717) is 24.4 Å². The van der Waals surface area contributed by atoms with Crippen LogP contribution in [0.25, 0.3) is 0 Å². The van der Waals surface area contributed by atoms with E-state index in [9.17, 15) is 8.42 Å². The van der Waals surface area contributed by atoms with Crippen molar-refractivity contribution < 1.29 is 8.42 Å². The molecule has 0 bridgehead atoms. The summed E-state index contributed by atoms with van der Waals surface area (Å²) in [6.45, 7) is 5.26. The number of sulfonamides is 1. The van der Waals surface area contributed by atoms with Gasteiger partial charge in [-0.15, -0.1) is 0 Å². The summed E-state index contributed by atoms with van der Waals surface area (Å²) in [5.41, 5.74) is 1.85. The van der Waals surface area contributed by atoms with Gasteiger partial charge in [-0.25, -0.2) is 13.1 Å². The van der Waals surface area contributed by atoms with E-state index in [-0.39, 0.29) is 0 Å². The predicted octanol–water partition coefficient (Wildman–Crippen LogP) is 2.44. The van der Waals surface area contributed by atoms with Gasteiger partial charge in [-0.1, -0.05) is 38.8 Å². The van der Waals surface area contributed by atoms with Crippen molar-refractivity contribution in [3.8, 4) is 0 Å². The lowest BCUT2D eigenvalue weighted by atomic mass is 10.1. The van der Waals surface area contributed by atoms with Crippen molar-refractivity contribution in [2.45, 2.75) is 51.0 Å². The van der Waals surface area contributed by atoms with Crippen LogP contribution in [0.1, 0.15) is 44.2 Å². The Kier molecular flexibility index (Phi) is 7.19. The fourth-order valence-electron chi connectivity index (χ4n) is 2.11. The van der Waals surface area contributed by atoms with Crippen molar-refractivity contribution in [2.75, 3.05) is 13.6 Å². The van der Waals surface area contributed by atoms with Crippen LogP contribution < -0.4 is 10.0 Å². The van der Waals surface area contributed by atoms with Crippen molar-refractivity contribution >= 4 is 10.0 Å². The van der Waals surface area contributed by atoms with E-state index in [4.69, 9.17) is 0 Å². The van der Waals surface area contributed by atoms with E-state index in [1.807, 2.05) is 26.1 Å². The van der Waals surface area contributed by atoms with Crippen LogP contribution in [-0.2, 0) is 23.0 Å². The first kappa shape index (κ1) is 17.1. The molecule has 0 aliphatic rings. The average molecular weight is 298 g/mol. The molecule has 2 N–H and O–H groups in total. The highest BCUT2D eigenvalue weighted by atomic mass is 32.2. The first-order valence-electron chi connectivity index (χ1n) is 7.31. The molecule has 4 nitrogen and oxygen atoms in total. The summed E-state index contributed by atoms with van der Waals surface area (Å²) in [5, 5.41) is 3.04. The van der Waals surface area contributed by atoms with Gasteiger partial charge >= 0.3 is 0 Å². The molecular weight excluding hydrogens is 272 g/mol. The third-order valence-electron chi connectivity index (χ3n) is 3.26. The molecule has 0 fully saturated rings. The molecule has 1 rings (SSSR count). The lowest BCUT2D eigenvalue weighted by Crippen LogP contribution is -2.26. The van der Waals surface area contributed by atoms with Gasteiger partial charge in [0, 0.05) is 13.1 Å². The smallest absolute Gasteiger partial charge is 0.240 e. The number of nitrogens with one attached hydrogen (secondary N) is 2. The molecule has 1 aromatic carbocycles. The van der Waals surface area contributed by atoms with Crippen molar-refractivity contribution in [2.24, 2.45) is 0 Å². The van der Waals surface area contributed by atoms with E-state index < -0.39 is 10.0 Å². The van der Waals surface area contributed by atoms with E-state index >= 15 is 0 Å². The molecule has 0 aromatic heterocycles. The van der Waals surface area contributed by atoms with Gasteiger partial charge in [0.15, 0.2) is 0 Å². The quantitative estimate of drug-likeness (QED) is 0.688. The Labute approximate surface area is 123 Å². The molecule has 0 amide bonds. The van der Waals surface area contributed by atoms with Gasteiger partial charge in [-0.2, -0.15) is 0 Å². The lowest BCUT2D eigenvalue weighted by Gasteiger charge is -2.12. The highest BCUT2D eigenvalue weighted by molar-refractivity contribution is 7.89. The highest BCUT2D eigenvalue weighted by Gasteiger charge is 2.17. The van der Waals surface area contributed by atoms with Gasteiger partial charge in [0.2, 0.25) is 10.0 Å². The third kappa shape index (κ3) is 4.89. The summed E-state index contributed by atoms with van der Waals surface area (Å²) in [6, 6.07) is 5.66. The Hall–Kier alpha value is -0.910. The zero-order valence-electron chi connectivity index (χ0n) is 12.7.